The normalized spacial score (nSPS) is 12.1. The molecule has 11 aromatic rings. The molecule has 0 aliphatic carbocycles. The summed E-state index contributed by atoms with van der Waals surface area (Å²) < 4.78 is 15.2. The number of nitrogens with zero attached hydrogens (tertiary/aromatic N) is 3. The van der Waals surface area contributed by atoms with Gasteiger partial charge in [-0.3, -0.25) is 9.55 Å². The van der Waals surface area contributed by atoms with Crippen LogP contribution in [0, 0.1) is 6.07 Å². The second-order valence-electron chi connectivity index (χ2n) is 18.7. The van der Waals surface area contributed by atoms with E-state index < -0.39 is 0 Å². The Hall–Kier alpha value is -7.01. The standard InChI is InChI=1S/C58H46N3O3.Pt/c1-57(2,3)41-33-44(54(62)45(34-41)58(4,5)6)55-60-53-48(61(55)47-24-22-38(35-16-10-7-11-17-35)30-42(47)37-20-14-9-15-21-37)25-27-50-52(53)51-43-31-40(23-26-49(43)63-56(51)64-50)46-32-39(28-29-59-46)36-18-12-8-13-19-36;/h7-30,32-34,62H,1-6H3;/q-1;. The van der Waals surface area contributed by atoms with E-state index in [0.29, 0.717) is 28.3 Å². The average molecular weight is 1030 g/mol. The summed E-state index contributed by atoms with van der Waals surface area (Å²) in [5.41, 5.74) is 14.0. The topological polar surface area (TPSA) is 77.2 Å². The number of hydrogen-bond donors (Lipinski definition) is 1. The van der Waals surface area contributed by atoms with Crippen molar-refractivity contribution in [2.24, 2.45) is 0 Å². The summed E-state index contributed by atoms with van der Waals surface area (Å²) in [6.45, 7) is 13.1. The molecule has 4 heterocycles. The van der Waals surface area contributed by atoms with Crippen LogP contribution < -0.4 is 0 Å². The number of phenols is 1. The van der Waals surface area contributed by atoms with E-state index in [1.54, 1.807) is 0 Å². The van der Waals surface area contributed by atoms with Gasteiger partial charge >= 0.3 is 0 Å². The summed E-state index contributed by atoms with van der Waals surface area (Å²) in [5, 5.41) is 14.9. The smallest absolute Gasteiger partial charge is 0.254 e. The predicted octanol–water partition coefficient (Wildman–Crippen LogP) is 15.5. The number of benzene rings is 7. The van der Waals surface area contributed by atoms with Crippen LogP contribution in [-0.2, 0) is 31.9 Å². The molecule has 4 aromatic heterocycles. The van der Waals surface area contributed by atoms with Gasteiger partial charge in [0.25, 0.3) is 5.78 Å². The first-order valence-corrected chi connectivity index (χ1v) is 21.8. The molecule has 1 N–H and O–H groups in total. The molecule has 7 aromatic carbocycles. The molecule has 6 nitrogen and oxygen atoms in total. The molecule has 0 aliphatic rings. The molecular formula is C58H46N3O3Pt-. The first kappa shape index (κ1) is 42.0. The van der Waals surface area contributed by atoms with Gasteiger partial charge in [0, 0.05) is 54.9 Å². The van der Waals surface area contributed by atoms with Crippen LogP contribution in [0.3, 0.4) is 0 Å². The SMILES string of the molecule is CC(C)(C)c1cc(-c2nc3c4c(ccc3n2-c2ccc(-c3ccccc3)cc2-c2ccccc2)oc2oc3ccc(-c5cc(-c6ccccc6)ccn5)[c-]c3c24)c(O)c(C(C)(C)C)c1.[Pt]. The van der Waals surface area contributed by atoms with Crippen LogP contribution in [0.2, 0.25) is 0 Å². The second kappa shape index (κ2) is 15.9. The molecule has 0 radical (unpaired) electrons. The Morgan fingerprint density at radius 3 is 1.86 bits per heavy atom. The van der Waals surface area contributed by atoms with Crippen LogP contribution >= 0.6 is 0 Å². The molecule has 11 rings (SSSR count). The van der Waals surface area contributed by atoms with Gasteiger partial charge < -0.3 is 13.9 Å². The number of pyridine rings is 1. The minimum atomic E-state index is -0.355. The molecule has 0 bridgehead atoms. The fraction of sp³-hybridized carbons (Fsp3) is 0.138. The number of aromatic nitrogens is 3. The van der Waals surface area contributed by atoms with Crippen LogP contribution in [0.4, 0.5) is 0 Å². The van der Waals surface area contributed by atoms with Crippen molar-refractivity contribution in [3.8, 4) is 67.5 Å². The van der Waals surface area contributed by atoms with E-state index in [9.17, 15) is 5.11 Å². The average Bonchev–Trinajstić information content (AvgIpc) is 3.98. The molecule has 0 aliphatic heterocycles. The summed E-state index contributed by atoms with van der Waals surface area (Å²) in [7, 11) is 0. The van der Waals surface area contributed by atoms with E-state index in [4.69, 9.17) is 18.8 Å². The number of rotatable bonds is 6. The van der Waals surface area contributed by atoms with Gasteiger partial charge in [-0.25, -0.2) is 4.98 Å². The summed E-state index contributed by atoms with van der Waals surface area (Å²) in [4.78, 5) is 10.4. The summed E-state index contributed by atoms with van der Waals surface area (Å²) in [6, 6.07) is 58.0. The maximum Gasteiger partial charge on any atom is 0.254 e. The van der Waals surface area contributed by atoms with Crippen molar-refractivity contribution in [2.45, 2.75) is 52.4 Å². The molecule has 322 valence electrons. The Morgan fingerprint density at radius 1 is 0.569 bits per heavy atom. The molecular weight excluding hydrogens is 982 g/mol. The van der Waals surface area contributed by atoms with Crippen molar-refractivity contribution in [3.63, 3.8) is 0 Å². The van der Waals surface area contributed by atoms with Gasteiger partial charge in [-0.05, 0) is 80.6 Å². The maximum absolute atomic E-state index is 12.5. The zero-order valence-corrected chi connectivity index (χ0v) is 39.3. The number of aromatic hydroxyl groups is 1. The number of fused-ring (bicyclic) bond motifs is 7. The molecule has 0 unspecified atom stereocenters. The zero-order valence-electron chi connectivity index (χ0n) is 37.0. The van der Waals surface area contributed by atoms with Crippen molar-refractivity contribution < 1.29 is 35.0 Å². The van der Waals surface area contributed by atoms with Crippen LogP contribution in [0.1, 0.15) is 52.7 Å². The van der Waals surface area contributed by atoms with E-state index in [0.717, 1.165) is 88.6 Å². The van der Waals surface area contributed by atoms with Crippen LogP contribution in [0.25, 0.3) is 106 Å². The molecule has 0 atom stereocenters. The number of furan rings is 2. The molecule has 0 spiro atoms. The van der Waals surface area contributed by atoms with Crippen LogP contribution in [0.15, 0.2) is 173 Å². The number of imidazole rings is 1. The van der Waals surface area contributed by atoms with E-state index in [1.165, 1.54) is 0 Å². The second-order valence-corrected chi connectivity index (χ2v) is 18.7. The first-order valence-electron chi connectivity index (χ1n) is 21.8. The van der Waals surface area contributed by atoms with Gasteiger partial charge in [0.15, 0.2) is 0 Å². The Bertz CT molecular complexity index is 3570. The van der Waals surface area contributed by atoms with Crippen molar-refractivity contribution in [1.82, 2.24) is 14.5 Å². The maximum atomic E-state index is 12.5. The van der Waals surface area contributed by atoms with Gasteiger partial charge in [0.2, 0.25) is 0 Å². The predicted molar refractivity (Wildman–Crippen MR) is 261 cm³/mol. The Kier molecular flexibility index (Phi) is 10.3. The monoisotopic (exact) mass is 1030 g/mol. The van der Waals surface area contributed by atoms with Crippen molar-refractivity contribution >= 4 is 44.1 Å². The van der Waals surface area contributed by atoms with Gasteiger partial charge in [0.1, 0.15) is 17.2 Å². The van der Waals surface area contributed by atoms with Crippen LogP contribution in [-0.4, -0.2) is 19.6 Å². The van der Waals surface area contributed by atoms with Gasteiger partial charge in [-0.15, -0.1) is 12.1 Å². The fourth-order valence-corrected chi connectivity index (χ4v) is 9.02. The third-order valence-corrected chi connectivity index (χ3v) is 12.4. The van der Waals surface area contributed by atoms with Crippen molar-refractivity contribution in [2.75, 3.05) is 0 Å². The Morgan fingerprint density at radius 2 is 1.20 bits per heavy atom. The summed E-state index contributed by atoms with van der Waals surface area (Å²) >= 11 is 0. The van der Waals surface area contributed by atoms with Gasteiger partial charge in [-0.2, -0.15) is 0 Å². The third-order valence-electron chi connectivity index (χ3n) is 12.4. The molecule has 7 heteroatoms. The van der Waals surface area contributed by atoms with Crippen LogP contribution in [0.5, 0.6) is 5.75 Å². The Labute approximate surface area is 392 Å². The van der Waals surface area contributed by atoms with Gasteiger partial charge in [0.05, 0.1) is 27.9 Å². The molecule has 0 saturated carbocycles. The quantitative estimate of drug-likeness (QED) is 0.168. The van der Waals surface area contributed by atoms with Gasteiger partial charge in [-0.1, -0.05) is 168 Å². The molecule has 0 fully saturated rings. The summed E-state index contributed by atoms with van der Waals surface area (Å²) in [6.07, 6.45) is 1.84. The minimum absolute atomic E-state index is 0. The fourth-order valence-electron chi connectivity index (χ4n) is 9.02. The third kappa shape index (κ3) is 7.27. The van der Waals surface area contributed by atoms with Crippen molar-refractivity contribution in [3.05, 3.63) is 181 Å². The van der Waals surface area contributed by atoms with E-state index in [-0.39, 0.29) is 37.6 Å². The van der Waals surface area contributed by atoms with E-state index in [1.807, 2.05) is 60.8 Å². The molecule has 0 saturated heterocycles. The number of phenolic OH excluding ortho intramolecular Hbond substituents is 1. The van der Waals surface area contributed by atoms with E-state index >= 15 is 0 Å². The zero-order chi connectivity index (χ0) is 43.9. The summed E-state index contributed by atoms with van der Waals surface area (Å²) in [5.74, 6) is 1.23. The number of hydrogen-bond acceptors (Lipinski definition) is 5. The minimum Gasteiger partial charge on any atom is -0.507 e. The Balaban J connectivity index is 0.00000498. The molecule has 0 amide bonds. The first-order chi connectivity index (χ1) is 30.9. The molecule has 65 heavy (non-hydrogen) atoms. The van der Waals surface area contributed by atoms with Crippen molar-refractivity contribution in [1.29, 1.82) is 0 Å². The largest absolute Gasteiger partial charge is 0.507 e. The van der Waals surface area contributed by atoms with E-state index in [2.05, 4.69) is 155 Å².